The van der Waals surface area contributed by atoms with Crippen LogP contribution in [0, 0.1) is 29.1 Å². The molecule has 2 aromatic rings. The smallest absolute Gasteiger partial charge is 0.0271 e. The Balaban J connectivity index is 0.000000266. The highest BCUT2D eigenvalue weighted by atomic mass is 14.6. The van der Waals surface area contributed by atoms with Crippen LogP contribution >= 0.6 is 0 Å². The lowest BCUT2D eigenvalue weighted by molar-refractivity contribution is -0.0399. The Hall–Kier alpha value is -1.56. The minimum Gasteiger partial charge on any atom is -0.0683 e. The van der Waals surface area contributed by atoms with E-state index in [0.29, 0.717) is 10.8 Å². The van der Waals surface area contributed by atoms with Crippen LogP contribution in [0.4, 0.5) is 0 Å². The van der Waals surface area contributed by atoms with Crippen molar-refractivity contribution < 1.29 is 0 Å². The molecule has 7 rings (SSSR count). The van der Waals surface area contributed by atoms with Crippen LogP contribution in [-0.2, 0) is 5.41 Å². The summed E-state index contributed by atoms with van der Waals surface area (Å²) in [7, 11) is 0. The molecule has 5 aliphatic carbocycles. The van der Waals surface area contributed by atoms with E-state index in [0.717, 1.165) is 23.7 Å². The van der Waals surface area contributed by atoms with Crippen molar-refractivity contribution in [1.82, 2.24) is 0 Å². The van der Waals surface area contributed by atoms with Crippen LogP contribution in [0.5, 0.6) is 0 Å². The second kappa shape index (κ2) is 9.51. The van der Waals surface area contributed by atoms with Crippen molar-refractivity contribution in [3.8, 4) is 11.1 Å². The summed E-state index contributed by atoms with van der Waals surface area (Å²) in [6, 6.07) is 18.7. The van der Waals surface area contributed by atoms with Gasteiger partial charge in [0.25, 0.3) is 0 Å². The van der Waals surface area contributed by atoms with Gasteiger partial charge in [-0.2, -0.15) is 0 Å². The van der Waals surface area contributed by atoms with Crippen LogP contribution in [-0.4, -0.2) is 0 Å². The molecule has 0 radical (unpaired) electrons. The molecular formula is C31H46. The molecule has 0 amide bonds. The van der Waals surface area contributed by atoms with Gasteiger partial charge >= 0.3 is 0 Å². The largest absolute Gasteiger partial charge is 0.0683 e. The van der Waals surface area contributed by atoms with Crippen LogP contribution in [0.2, 0.25) is 0 Å². The molecule has 0 heteroatoms. The van der Waals surface area contributed by atoms with Crippen molar-refractivity contribution in [2.75, 3.05) is 0 Å². The highest BCUT2D eigenvalue weighted by Crippen LogP contribution is 2.69. The molecule has 4 fully saturated rings. The van der Waals surface area contributed by atoms with Gasteiger partial charge in [-0.3, -0.25) is 0 Å². The number of fused-ring (bicyclic) bond motifs is 3. The van der Waals surface area contributed by atoms with E-state index in [1.807, 2.05) is 27.7 Å². The van der Waals surface area contributed by atoms with Crippen LogP contribution in [0.25, 0.3) is 11.1 Å². The van der Waals surface area contributed by atoms with Crippen LogP contribution in [0.1, 0.15) is 98.6 Å². The third-order valence-electron chi connectivity index (χ3n) is 7.46. The molecular weight excluding hydrogens is 372 g/mol. The van der Waals surface area contributed by atoms with Crippen molar-refractivity contribution in [2.45, 2.75) is 92.9 Å². The van der Waals surface area contributed by atoms with Crippen molar-refractivity contribution >= 4 is 0 Å². The monoisotopic (exact) mass is 418 g/mol. The molecule has 31 heavy (non-hydrogen) atoms. The van der Waals surface area contributed by atoms with E-state index in [2.05, 4.69) is 76.2 Å². The highest BCUT2D eigenvalue weighted by molar-refractivity contribution is 5.81. The molecule has 0 saturated heterocycles. The maximum atomic E-state index is 2.46. The van der Waals surface area contributed by atoms with Gasteiger partial charge in [0.2, 0.25) is 0 Å². The summed E-state index contributed by atoms with van der Waals surface area (Å²) in [4.78, 5) is 0. The molecule has 5 aliphatic rings. The van der Waals surface area contributed by atoms with Crippen molar-refractivity contribution in [1.29, 1.82) is 0 Å². The molecule has 4 saturated carbocycles. The van der Waals surface area contributed by atoms with Gasteiger partial charge in [-0.05, 0) is 83.4 Å². The molecule has 4 bridgehead atoms. The summed E-state index contributed by atoms with van der Waals surface area (Å²) >= 11 is 0. The van der Waals surface area contributed by atoms with Gasteiger partial charge in [0.15, 0.2) is 0 Å². The molecule has 170 valence electrons. The fraction of sp³-hybridized carbons (Fsp3) is 0.613. The second-order valence-electron chi connectivity index (χ2n) is 11.3. The third-order valence-corrected chi connectivity index (χ3v) is 7.46. The maximum Gasteiger partial charge on any atom is 0.0271 e. The Bertz CT molecular complexity index is 769. The zero-order chi connectivity index (χ0) is 22.8. The predicted octanol–water partition coefficient (Wildman–Crippen LogP) is 9.51. The summed E-state index contributed by atoms with van der Waals surface area (Å²) < 4.78 is 0. The lowest BCUT2D eigenvalue weighted by Gasteiger charge is -2.61. The molecule has 0 atom stereocenters. The number of rotatable bonds is 0. The molecule has 0 unspecified atom stereocenters. The van der Waals surface area contributed by atoms with E-state index in [4.69, 9.17) is 0 Å². The molecule has 0 heterocycles. The van der Waals surface area contributed by atoms with E-state index in [1.165, 1.54) is 43.2 Å². The van der Waals surface area contributed by atoms with Crippen molar-refractivity contribution in [2.24, 2.45) is 29.1 Å². The topological polar surface area (TPSA) is 0 Å². The lowest BCUT2D eigenvalue weighted by Crippen LogP contribution is -2.55. The molecule has 0 aromatic heterocycles. The van der Waals surface area contributed by atoms with Crippen LogP contribution < -0.4 is 0 Å². The summed E-state index contributed by atoms with van der Waals surface area (Å²) in [5.74, 6) is 3.86. The van der Waals surface area contributed by atoms with Gasteiger partial charge in [-0.25, -0.2) is 0 Å². The normalized spacial score (nSPS) is 27.6. The second-order valence-corrected chi connectivity index (χ2v) is 11.3. The van der Waals surface area contributed by atoms with E-state index < -0.39 is 0 Å². The minimum absolute atomic E-state index is 0.362. The number of hydrogen-bond donors (Lipinski definition) is 0. The SMILES string of the molecule is CC.CC.CC(C)(C)C.c1ccc2c(c1)-c1ccccc1C21C2CC3CC(C2)CC1C3. The van der Waals surface area contributed by atoms with E-state index in [-0.39, 0.29) is 0 Å². The first-order valence-electron chi connectivity index (χ1n) is 13.1. The Kier molecular flexibility index (Phi) is 7.39. The van der Waals surface area contributed by atoms with Gasteiger partial charge in [-0.15, -0.1) is 0 Å². The Morgan fingerprint density at radius 3 is 1.26 bits per heavy atom. The molecule has 0 N–H and O–H groups in total. The first-order valence-corrected chi connectivity index (χ1v) is 13.1. The Morgan fingerprint density at radius 2 is 0.903 bits per heavy atom. The molecule has 0 nitrogen and oxygen atoms in total. The van der Waals surface area contributed by atoms with Crippen LogP contribution in [0.3, 0.4) is 0 Å². The summed E-state index contributed by atoms with van der Waals surface area (Å²) in [6.45, 7) is 16.8. The van der Waals surface area contributed by atoms with Crippen molar-refractivity contribution in [3.05, 3.63) is 59.7 Å². The predicted molar refractivity (Wildman–Crippen MR) is 138 cm³/mol. The first-order chi connectivity index (χ1) is 14.9. The maximum absolute atomic E-state index is 2.46. The summed E-state index contributed by atoms with van der Waals surface area (Å²) in [6.07, 6.45) is 7.46. The third kappa shape index (κ3) is 4.24. The van der Waals surface area contributed by atoms with E-state index in [9.17, 15) is 0 Å². The Labute approximate surface area is 192 Å². The average Bonchev–Trinajstić information content (AvgIpc) is 3.05. The van der Waals surface area contributed by atoms with Crippen molar-refractivity contribution in [3.63, 3.8) is 0 Å². The first kappa shape index (κ1) is 24.1. The van der Waals surface area contributed by atoms with Gasteiger partial charge in [0, 0.05) is 5.41 Å². The Morgan fingerprint density at radius 1 is 0.581 bits per heavy atom. The zero-order valence-corrected chi connectivity index (χ0v) is 21.5. The van der Waals surface area contributed by atoms with Gasteiger partial charge in [0.1, 0.15) is 0 Å². The zero-order valence-electron chi connectivity index (χ0n) is 21.5. The molecule has 1 spiro atoms. The van der Waals surface area contributed by atoms with E-state index >= 15 is 0 Å². The fourth-order valence-corrected chi connectivity index (χ4v) is 7.11. The van der Waals surface area contributed by atoms with Gasteiger partial charge in [-0.1, -0.05) is 104 Å². The standard InChI is InChI=1S/C22H22.C5H12.2C2H6/c1-3-7-20-18(5-1)19-6-2-4-8-21(19)22(20)16-10-14-9-15(12-16)13-17(22)11-14;1-5(2,3)4;2*1-2/h1-8,14-17H,9-13H2;1-4H3;2*1-2H3. The highest BCUT2D eigenvalue weighted by Gasteiger charge is 2.61. The van der Waals surface area contributed by atoms with Crippen LogP contribution in [0.15, 0.2) is 48.5 Å². The molecule has 2 aromatic carbocycles. The number of benzene rings is 2. The fourth-order valence-electron chi connectivity index (χ4n) is 7.11. The average molecular weight is 419 g/mol. The summed E-state index contributed by atoms with van der Waals surface area (Å²) in [5, 5.41) is 0. The molecule has 0 aliphatic heterocycles. The lowest BCUT2D eigenvalue weighted by atomic mass is 9.43. The van der Waals surface area contributed by atoms with Gasteiger partial charge in [0.05, 0.1) is 0 Å². The minimum atomic E-state index is 0.362. The quantitative estimate of drug-likeness (QED) is 0.399. The van der Waals surface area contributed by atoms with Gasteiger partial charge < -0.3 is 0 Å². The number of hydrogen-bond acceptors (Lipinski definition) is 0. The van der Waals surface area contributed by atoms with E-state index in [1.54, 1.807) is 11.1 Å². The summed E-state index contributed by atoms with van der Waals surface area (Å²) in [5.41, 5.74) is 7.27.